The number of aryl methyl sites for hydroxylation is 1. The summed E-state index contributed by atoms with van der Waals surface area (Å²) < 4.78 is 2.20. The van der Waals surface area contributed by atoms with Crippen LogP contribution in [0.15, 0.2) is 30.3 Å². The molecule has 7 nitrogen and oxygen atoms in total. The lowest BCUT2D eigenvalue weighted by molar-refractivity contribution is -0.134. The number of carbonyl (C=O) groups is 2. The van der Waals surface area contributed by atoms with Crippen LogP contribution in [0.4, 0.5) is 0 Å². The molecule has 1 saturated carbocycles. The number of aromatic nitrogens is 3. The first-order chi connectivity index (χ1) is 15.2. The average Bonchev–Trinajstić information content (AvgIpc) is 3.58. The van der Waals surface area contributed by atoms with Crippen LogP contribution in [-0.4, -0.2) is 56.0 Å². The van der Waals surface area contributed by atoms with Gasteiger partial charge in [0.05, 0.1) is 6.54 Å². The minimum Gasteiger partial charge on any atom is -0.342 e. The topological polar surface area (TPSA) is 71.3 Å². The molecule has 7 heteroatoms. The van der Waals surface area contributed by atoms with Crippen molar-refractivity contribution in [3.8, 4) is 0 Å². The zero-order valence-corrected chi connectivity index (χ0v) is 18.1. The summed E-state index contributed by atoms with van der Waals surface area (Å²) in [7, 11) is 0. The van der Waals surface area contributed by atoms with Gasteiger partial charge in [0, 0.05) is 44.4 Å². The summed E-state index contributed by atoms with van der Waals surface area (Å²) in [5, 5.41) is 8.92. The first-order valence-corrected chi connectivity index (χ1v) is 11.7. The van der Waals surface area contributed by atoms with Crippen LogP contribution in [0.25, 0.3) is 0 Å². The third kappa shape index (κ3) is 4.50. The summed E-state index contributed by atoms with van der Waals surface area (Å²) >= 11 is 0. The van der Waals surface area contributed by atoms with Gasteiger partial charge in [0.15, 0.2) is 5.82 Å². The second kappa shape index (κ2) is 8.81. The smallest absolute Gasteiger partial charge is 0.226 e. The lowest BCUT2D eigenvalue weighted by Gasteiger charge is -2.34. The number of nitrogens with zero attached hydrogens (tertiary/aromatic N) is 5. The van der Waals surface area contributed by atoms with Gasteiger partial charge >= 0.3 is 0 Å². The molecule has 0 radical (unpaired) electrons. The van der Waals surface area contributed by atoms with E-state index in [0.717, 1.165) is 76.4 Å². The van der Waals surface area contributed by atoms with E-state index in [9.17, 15) is 9.59 Å². The Morgan fingerprint density at radius 2 is 1.81 bits per heavy atom. The van der Waals surface area contributed by atoms with E-state index in [1.165, 1.54) is 5.56 Å². The summed E-state index contributed by atoms with van der Waals surface area (Å²) in [6, 6.07) is 10.4. The first kappa shape index (κ1) is 20.2. The van der Waals surface area contributed by atoms with E-state index in [2.05, 4.69) is 26.9 Å². The van der Waals surface area contributed by atoms with E-state index in [1.54, 1.807) is 0 Å². The second-order valence-electron chi connectivity index (χ2n) is 9.18. The lowest BCUT2D eigenvalue weighted by atomic mass is 9.96. The number of amides is 2. The Hall–Kier alpha value is -2.70. The number of fused-ring (bicyclic) bond motifs is 1. The van der Waals surface area contributed by atoms with Crippen molar-refractivity contribution < 1.29 is 9.59 Å². The SMILES string of the molecule is O=C(CCCc1ccccc1)N1CCCC(c2nnc3n2CCN(C(=O)C2CC2)C3)C1. The van der Waals surface area contributed by atoms with E-state index < -0.39 is 0 Å². The molecule has 2 aromatic rings. The summed E-state index contributed by atoms with van der Waals surface area (Å²) in [6.45, 7) is 3.63. The van der Waals surface area contributed by atoms with Gasteiger partial charge in [-0.1, -0.05) is 30.3 Å². The molecule has 1 saturated heterocycles. The van der Waals surface area contributed by atoms with Gasteiger partial charge in [0.25, 0.3) is 0 Å². The number of piperidine rings is 1. The van der Waals surface area contributed by atoms with Gasteiger partial charge in [-0.05, 0) is 44.1 Å². The molecule has 0 spiro atoms. The molecule has 2 amide bonds. The van der Waals surface area contributed by atoms with Gasteiger partial charge in [0.2, 0.25) is 11.8 Å². The Balaban J connectivity index is 1.17. The zero-order valence-electron chi connectivity index (χ0n) is 18.1. The number of rotatable bonds is 6. The molecule has 2 aliphatic heterocycles. The maximum atomic E-state index is 12.8. The zero-order chi connectivity index (χ0) is 21.2. The predicted molar refractivity (Wildman–Crippen MR) is 116 cm³/mol. The fourth-order valence-corrected chi connectivity index (χ4v) is 4.92. The Morgan fingerprint density at radius 1 is 0.968 bits per heavy atom. The molecule has 31 heavy (non-hydrogen) atoms. The van der Waals surface area contributed by atoms with E-state index in [-0.39, 0.29) is 23.7 Å². The Kier molecular flexibility index (Phi) is 5.74. The van der Waals surface area contributed by atoms with Crippen molar-refractivity contribution in [2.75, 3.05) is 19.6 Å². The van der Waals surface area contributed by atoms with Crippen LogP contribution in [0.3, 0.4) is 0 Å². The molecule has 1 aromatic carbocycles. The molecule has 5 rings (SSSR count). The standard InChI is InChI=1S/C24H31N5O2/c30-22(10-4-8-18-6-2-1-3-7-18)27-13-5-9-20(16-27)23-26-25-21-17-28(14-15-29(21)23)24(31)19-11-12-19/h1-3,6-7,19-20H,4-5,8-17H2. The van der Waals surface area contributed by atoms with Crippen LogP contribution < -0.4 is 0 Å². The van der Waals surface area contributed by atoms with Crippen molar-refractivity contribution in [2.45, 2.75) is 64.0 Å². The molecule has 1 aromatic heterocycles. The molecule has 3 heterocycles. The Morgan fingerprint density at radius 3 is 2.61 bits per heavy atom. The molecule has 3 aliphatic rings. The van der Waals surface area contributed by atoms with Crippen molar-refractivity contribution in [3.05, 3.63) is 47.5 Å². The fourth-order valence-electron chi connectivity index (χ4n) is 4.92. The highest BCUT2D eigenvalue weighted by Gasteiger charge is 2.36. The third-order valence-corrected chi connectivity index (χ3v) is 6.86. The van der Waals surface area contributed by atoms with E-state index in [0.29, 0.717) is 13.0 Å². The van der Waals surface area contributed by atoms with Crippen LogP contribution in [0.1, 0.15) is 61.7 Å². The third-order valence-electron chi connectivity index (χ3n) is 6.86. The monoisotopic (exact) mass is 421 g/mol. The second-order valence-corrected chi connectivity index (χ2v) is 9.18. The van der Waals surface area contributed by atoms with Gasteiger partial charge < -0.3 is 14.4 Å². The van der Waals surface area contributed by atoms with Crippen LogP contribution >= 0.6 is 0 Å². The van der Waals surface area contributed by atoms with Crippen LogP contribution in [0.5, 0.6) is 0 Å². The molecular formula is C24H31N5O2. The van der Waals surface area contributed by atoms with Gasteiger partial charge in [-0.3, -0.25) is 9.59 Å². The summed E-state index contributed by atoms with van der Waals surface area (Å²) in [4.78, 5) is 29.2. The minimum absolute atomic E-state index is 0.235. The molecule has 1 atom stereocenters. The van der Waals surface area contributed by atoms with Crippen LogP contribution in [0.2, 0.25) is 0 Å². The van der Waals surface area contributed by atoms with Crippen molar-refractivity contribution in [3.63, 3.8) is 0 Å². The fraction of sp³-hybridized carbons (Fsp3) is 0.583. The molecule has 2 fully saturated rings. The highest BCUT2D eigenvalue weighted by atomic mass is 16.2. The normalized spacial score (nSPS) is 21.1. The minimum atomic E-state index is 0.235. The van der Waals surface area contributed by atoms with E-state index >= 15 is 0 Å². The molecule has 0 bridgehead atoms. The largest absolute Gasteiger partial charge is 0.342 e. The van der Waals surface area contributed by atoms with Crippen LogP contribution in [0, 0.1) is 5.92 Å². The Labute approximate surface area is 183 Å². The number of likely N-dealkylation sites (tertiary alicyclic amines) is 1. The highest BCUT2D eigenvalue weighted by molar-refractivity contribution is 5.81. The van der Waals surface area contributed by atoms with E-state index in [4.69, 9.17) is 0 Å². The quantitative estimate of drug-likeness (QED) is 0.719. The van der Waals surface area contributed by atoms with Crippen molar-refractivity contribution >= 4 is 11.8 Å². The predicted octanol–water partition coefficient (Wildman–Crippen LogP) is 2.76. The summed E-state index contributed by atoms with van der Waals surface area (Å²) in [5.74, 6) is 2.89. The highest BCUT2D eigenvalue weighted by Crippen LogP contribution is 2.33. The van der Waals surface area contributed by atoms with Gasteiger partial charge in [0.1, 0.15) is 5.82 Å². The average molecular weight is 422 g/mol. The van der Waals surface area contributed by atoms with Gasteiger partial charge in [-0.2, -0.15) is 0 Å². The van der Waals surface area contributed by atoms with Crippen molar-refractivity contribution in [2.24, 2.45) is 5.92 Å². The molecule has 1 aliphatic carbocycles. The Bertz CT molecular complexity index is 937. The molecular weight excluding hydrogens is 390 g/mol. The number of hydrogen-bond donors (Lipinski definition) is 0. The van der Waals surface area contributed by atoms with E-state index in [1.807, 2.05) is 28.0 Å². The maximum Gasteiger partial charge on any atom is 0.226 e. The van der Waals surface area contributed by atoms with Crippen molar-refractivity contribution in [1.82, 2.24) is 24.6 Å². The number of benzene rings is 1. The molecule has 0 N–H and O–H groups in total. The van der Waals surface area contributed by atoms with Gasteiger partial charge in [-0.15, -0.1) is 10.2 Å². The van der Waals surface area contributed by atoms with Gasteiger partial charge in [-0.25, -0.2) is 0 Å². The summed E-state index contributed by atoms with van der Waals surface area (Å²) in [5.41, 5.74) is 1.29. The summed E-state index contributed by atoms with van der Waals surface area (Å²) in [6.07, 6.45) is 6.53. The maximum absolute atomic E-state index is 12.8. The van der Waals surface area contributed by atoms with Crippen molar-refractivity contribution in [1.29, 1.82) is 0 Å². The first-order valence-electron chi connectivity index (χ1n) is 11.7. The molecule has 164 valence electrons. The lowest BCUT2D eigenvalue weighted by Crippen LogP contribution is -2.42. The number of hydrogen-bond acceptors (Lipinski definition) is 4. The van der Waals surface area contributed by atoms with Crippen LogP contribution in [-0.2, 0) is 29.1 Å². The molecule has 1 unspecified atom stereocenters. The number of carbonyl (C=O) groups excluding carboxylic acids is 2.